The highest BCUT2D eigenvalue weighted by molar-refractivity contribution is 5.96. The fraction of sp³-hybridized carbons (Fsp3) is 0.321. The van der Waals surface area contributed by atoms with Gasteiger partial charge in [-0.3, -0.25) is 9.69 Å². The summed E-state index contributed by atoms with van der Waals surface area (Å²) in [4.78, 5) is 19.8. The summed E-state index contributed by atoms with van der Waals surface area (Å²) >= 11 is 0. The first-order valence-electron chi connectivity index (χ1n) is 11.9. The SMILES string of the molecule is COc1ccccc1C(=O)NC[C@H](c1ccc(N(C)C)cc1)N1CCN(c2ccc(F)cc2)CC1. The number of amides is 1. The zero-order valence-electron chi connectivity index (χ0n) is 20.6. The molecule has 0 radical (unpaired) electrons. The number of ether oxygens (including phenoxy) is 1. The van der Waals surface area contributed by atoms with Gasteiger partial charge >= 0.3 is 0 Å². The summed E-state index contributed by atoms with van der Waals surface area (Å²) < 4.78 is 18.7. The van der Waals surface area contributed by atoms with Gasteiger partial charge in [0.05, 0.1) is 18.7 Å². The minimum Gasteiger partial charge on any atom is -0.496 e. The second-order valence-electron chi connectivity index (χ2n) is 8.91. The second kappa shape index (κ2) is 11.2. The van der Waals surface area contributed by atoms with Crippen molar-refractivity contribution in [3.8, 4) is 5.75 Å². The van der Waals surface area contributed by atoms with E-state index < -0.39 is 0 Å². The molecule has 4 rings (SSSR count). The van der Waals surface area contributed by atoms with Gasteiger partial charge in [0, 0.05) is 58.2 Å². The molecule has 1 saturated heterocycles. The first-order valence-corrected chi connectivity index (χ1v) is 11.9. The number of piperazine rings is 1. The third kappa shape index (κ3) is 5.92. The molecule has 184 valence electrons. The van der Waals surface area contributed by atoms with Crippen molar-refractivity contribution in [3.63, 3.8) is 0 Å². The summed E-state index contributed by atoms with van der Waals surface area (Å²) in [6.07, 6.45) is 0. The lowest BCUT2D eigenvalue weighted by Crippen LogP contribution is -2.50. The van der Waals surface area contributed by atoms with Crippen molar-refractivity contribution in [2.75, 3.05) is 63.7 Å². The average molecular weight is 477 g/mol. The third-order valence-electron chi connectivity index (χ3n) is 6.55. The van der Waals surface area contributed by atoms with Crippen LogP contribution in [0.3, 0.4) is 0 Å². The van der Waals surface area contributed by atoms with Crippen molar-refractivity contribution < 1.29 is 13.9 Å². The van der Waals surface area contributed by atoms with Gasteiger partial charge in [-0.15, -0.1) is 0 Å². The number of hydrogen-bond acceptors (Lipinski definition) is 5. The smallest absolute Gasteiger partial charge is 0.255 e. The lowest BCUT2D eigenvalue weighted by Gasteiger charge is -2.40. The van der Waals surface area contributed by atoms with E-state index in [1.807, 2.05) is 38.4 Å². The molecule has 1 heterocycles. The third-order valence-corrected chi connectivity index (χ3v) is 6.55. The van der Waals surface area contributed by atoms with E-state index in [4.69, 9.17) is 4.74 Å². The quantitative estimate of drug-likeness (QED) is 0.528. The highest BCUT2D eigenvalue weighted by Gasteiger charge is 2.26. The maximum Gasteiger partial charge on any atom is 0.255 e. The van der Waals surface area contributed by atoms with Crippen molar-refractivity contribution >= 4 is 17.3 Å². The van der Waals surface area contributed by atoms with Crippen molar-refractivity contribution in [2.45, 2.75) is 6.04 Å². The maximum atomic E-state index is 13.3. The minimum absolute atomic E-state index is 0.0280. The normalized spacial score (nSPS) is 14.9. The Bertz CT molecular complexity index is 1110. The molecule has 1 aliphatic rings. The van der Waals surface area contributed by atoms with Crippen LogP contribution < -0.4 is 19.9 Å². The first-order chi connectivity index (χ1) is 17.0. The average Bonchev–Trinajstić information content (AvgIpc) is 2.89. The molecule has 1 atom stereocenters. The van der Waals surface area contributed by atoms with Gasteiger partial charge in [0.2, 0.25) is 0 Å². The predicted molar refractivity (Wildman–Crippen MR) is 139 cm³/mol. The Labute approximate surface area is 206 Å². The molecule has 3 aromatic rings. The van der Waals surface area contributed by atoms with Crippen LogP contribution in [-0.2, 0) is 0 Å². The predicted octanol–water partition coefficient (Wildman–Crippen LogP) is 4.19. The zero-order chi connectivity index (χ0) is 24.8. The number of carbonyl (C=O) groups excluding carboxylic acids is 1. The number of carbonyl (C=O) groups is 1. The van der Waals surface area contributed by atoms with E-state index in [1.165, 1.54) is 12.1 Å². The van der Waals surface area contributed by atoms with Gasteiger partial charge in [-0.25, -0.2) is 4.39 Å². The van der Waals surface area contributed by atoms with Crippen molar-refractivity contribution in [1.82, 2.24) is 10.2 Å². The molecule has 6 nitrogen and oxygen atoms in total. The number of hydrogen-bond donors (Lipinski definition) is 1. The summed E-state index contributed by atoms with van der Waals surface area (Å²) in [6.45, 7) is 3.81. The van der Waals surface area contributed by atoms with Crippen LogP contribution >= 0.6 is 0 Å². The van der Waals surface area contributed by atoms with Gasteiger partial charge in [-0.1, -0.05) is 24.3 Å². The summed E-state index contributed by atoms with van der Waals surface area (Å²) in [7, 11) is 5.62. The van der Waals surface area contributed by atoms with Crippen molar-refractivity contribution in [2.24, 2.45) is 0 Å². The summed E-state index contributed by atoms with van der Waals surface area (Å²) in [6, 6.07) is 22.5. The van der Waals surface area contributed by atoms with Crippen LogP contribution in [0.15, 0.2) is 72.8 Å². The molecule has 0 aromatic heterocycles. The van der Waals surface area contributed by atoms with E-state index in [1.54, 1.807) is 19.2 Å². The van der Waals surface area contributed by atoms with Crippen LogP contribution in [0.2, 0.25) is 0 Å². The number of nitrogens with one attached hydrogen (secondary N) is 1. The Kier molecular flexibility index (Phi) is 7.87. The molecule has 3 aromatic carbocycles. The van der Waals surface area contributed by atoms with E-state index >= 15 is 0 Å². The monoisotopic (exact) mass is 476 g/mol. The fourth-order valence-corrected chi connectivity index (χ4v) is 4.51. The fourth-order valence-electron chi connectivity index (χ4n) is 4.51. The Morgan fingerprint density at radius 3 is 2.26 bits per heavy atom. The highest BCUT2D eigenvalue weighted by atomic mass is 19.1. The van der Waals surface area contributed by atoms with Gasteiger partial charge in [-0.2, -0.15) is 0 Å². The maximum absolute atomic E-state index is 13.3. The summed E-state index contributed by atoms with van der Waals surface area (Å²) in [5.41, 5.74) is 3.85. The second-order valence-corrected chi connectivity index (χ2v) is 8.91. The topological polar surface area (TPSA) is 48.1 Å². The number of nitrogens with zero attached hydrogens (tertiary/aromatic N) is 3. The van der Waals surface area contributed by atoms with Crippen LogP contribution in [0.5, 0.6) is 5.75 Å². The van der Waals surface area contributed by atoms with Crippen LogP contribution in [0, 0.1) is 5.82 Å². The van der Waals surface area contributed by atoms with E-state index in [2.05, 4.69) is 44.3 Å². The summed E-state index contributed by atoms with van der Waals surface area (Å²) in [5.74, 6) is 0.187. The minimum atomic E-state index is -0.223. The number of benzene rings is 3. The summed E-state index contributed by atoms with van der Waals surface area (Å²) in [5, 5.41) is 3.13. The number of rotatable bonds is 8. The standard InChI is InChI=1S/C28H33FN4O2/c1-31(2)23-12-8-21(9-13-23)26(20-30-28(34)25-6-4-5-7-27(25)35-3)33-18-16-32(17-19-33)24-14-10-22(29)11-15-24/h4-15,26H,16-20H2,1-3H3,(H,30,34)/t26-/m1/s1. The molecule has 0 saturated carbocycles. The van der Waals surface area contributed by atoms with Crippen LogP contribution in [0.4, 0.5) is 15.8 Å². The lowest BCUT2D eigenvalue weighted by molar-refractivity contribution is 0.0927. The van der Waals surface area contributed by atoms with Gasteiger partial charge in [-0.05, 0) is 54.1 Å². The Balaban J connectivity index is 1.49. The Hall–Kier alpha value is -3.58. The van der Waals surface area contributed by atoms with Crippen LogP contribution in [-0.4, -0.2) is 64.7 Å². The molecule has 1 amide bonds. The Morgan fingerprint density at radius 1 is 0.971 bits per heavy atom. The van der Waals surface area contributed by atoms with Crippen LogP contribution in [0.1, 0.15) is 22.0 Å². The number of methoxy groups -OCH3 is 1. The lowest BCUT2D eigenvalue weighted by atomic mass is 10.0. The van der Waals surface area contributed by atoms with Gasteiger partial charge in [0.25, 0.3) is 5.91 Å². The highest BCUT2D eigenvalue weighted by Crippen LogP contribution is 2.26. The molecule has 1 aliphatic heterocycles. The first kappa shape index (κ1) is 24.5. The molecular weight excluding hydrogens is 443 g/mol. The van der Waals surface area contributed by atoms with Crippen molar-refractivity contribution in [1.29, 1.82) is 0 Å². The molecule has 0 aliphatic carbocycles. The largest absolute Gasteiger partial charge is 0.496 e. The van der Waals surface area contributed by atoms with E-state index in [9.17, 15) is 9.18 Å². The zero-order valence-corrected chi connectivity index (χ0v) is 20.6. The number of anilines is 2. The molecule has 1 fully saturated rings. The molecule has 0 unspecified atom stereocenters. The van der Waals surface area contributed by atoms with E-state index in [-0.39, 0.29) is 17.8 Å². The molecule has 0 bridgehead atoms. The van der Waals surface area contributed by atoms with E-state index in [0.29, 0.717) is 17.9 Å². The van der Waals surface area contributed by atoms with Gasteiger partial charge in [0.1, 0.15) is 11.6 Å². The van der Waals surface area contributed by atoms with Crippen LogP contribution in [0.25, 0.3) is 0 Å². The number of halogens is 1. The van der Waals surface area contributed by atoms with Gasteiger partial charge in [0.15, 0.2) is 0 Å². The molecular formula is C28H33FN4O2. The van der Waals surface area contributed by atoms with Gasteiger partial charge < -0.3 is 19.9 Å². The van der Waals surface area contributed by atoms with E-state index in [0.717, 1.165) is 43.1 Å². The molecule has 0 spiro atoms. The van der Waals surface area contributed by atoms with Crippen molar-refractivity contribution in [3.05, 3.63) is 89.7 Å². The molecule has 1 N–H and O–H groups in total. The number of para-hydroxylation sites is 1. The Morgan fingerprint density at radius 2 is 1.63 bits per heavy atom. The molecule has 35 heavy (non-hydrogen) atoms. The molecule has 7 heteroatoms.